The van der Waals surface area contributed by atoms with Crippen molar-refractivity contribution in [2.45, 2.75) is 19.6 Å². The molecule has 0 amide bonds. The Morgan fingerprint density at radius 2 is 1.59 bits per heavy atom. The van der Waals surface area contributed by atoms with Gasteiger partial charge < -0.3 is 14.8 Å². The van der Waals surface area contributed by atoms with E-state index in [4.69, 9.17) is 21.1 Å². The van der Waals surface area contributed by atoms with Crippen LogP contribution in [0.3, 0.4) is 0 Å². The van der Waals surface area contributed by atoms with Crippen molar-refractivity contribution in [3.63, 3.8) is 0 Å². The van der Waals surface area contributed by atoms with Crippen LogP contribution < -0.4 is 14.8 Å². The van der Waals surface area contributed by atoms with Crippen LogP contribution in [0.25, 0.3) is 0 Å². The van der Waals surface area contributed by atoms with Gasteiger partial charge in [-0.25, -0.2) is 0 Å². The van der Waals surface area contributed by atoms with Crippen LogP contribution in [0.5, 0.6) is 11.5 Å². The molecule has 27 heavy (non-hydrogen) atoms. The summed E-state index contributed by atoms with van der Waals surface area (Å²) in [5.41, 5.74) is 3.55. The highest BCUT2D eigenvalue weighted by atomic mass is 35.5. The number of benzene rings is 3. The molecule has 0 spiro atoms. The smallest absolute Gasteiger partial charge is 0.138 e. The summed E-state index contributed by atoms with van der Waals surface area (Å²) in [6.45, 7) is 2.19. The monoisotopic (exact) mass is 381 g/mol. The standard InChI is InChI=1S/C23H24ClNO2/c1-26-21-10-7-18(8-11-21)13-14-25-16-20-9-12-23(22(24)15-20)27-17-19-5-3-2-4-6-19/h2-12,15,25H,13-14,16-17H2,1H3. The van der Waals surface area contributed by atoms with E-state index in [1.54, 1.807) is 7.11 Å². The fraction of sp³-hybridized carbons (Fsp3) is 0.217. The van der Waals surface area contributed by atoms with Crippen molar-refractivity contribution in [3.8, 4) is 11.5 Å². The van der Waals surface area contributed by atoms with Crippen molar-refractivity contribution in [1.82, 2.24) is 5.32 Å². The Labute approximate surface area is 165 Å². The summed E-state index contributed by atoms with van der Waals surface area (Å²) in [5, 5.41) is 4.09. The Kier molecular flexibility index (Phi) is 7.14. The third-order valence-corrected chi connectivity index (χ3v) is 4.61. The fourth-order valence-electron chi connectivity index (χ4n) is 2.76. The summed E-state index contributed by atoms with van der Waals surface area (Å²) in [5.74, 6) is 1.60. The number of methoxy groups -OCH3 is 1. The normalized spacial score (nSPS) is 10.6. The molecular weight excluding hydrogens is 358 g/mol. The Bertz CT molecular complexity index is 835. The Hall–Kier alpha value is -2.49. The molecule has 0 unspecified atom stereocenters. The van der Waals surface area contributed by atoms with Gasteiger partial charge in [-0.15, -0.1) is 0 Å². The maximum absolute atomic E-state index is 6.37. The lowest BCUT2D eigenvalue weighted by atomic mass is 10.1. The van der Waals surface area contributed by atoms with Gasteiger partial charge in [-0.05, 0) is 53.9 Å². The SMILES string of the molecule is COc1ccc(CCNCc2ccc(OCc3ccccc3)c(Cl)c2)cc1. The molecule has 0 aliphatic rings. The minimum Gasteiger partial charge on any atom is -0.497 e. The maximum Gasteiger partial charge on any atom is 0.138 e. The van der Waals surface area contributed by atoms with E-state index >= 15 is 0 Å². The van der Waals surface area contributed by atoms with Gasteiger partial charge in [0, 0.05) is 6.54 Å². The van der Waals surface area contributed by atoms with Crippen LogP contribution in [0.4, 0.5) is 0 Å². The second kappa shape index (κ2) is 10.0. The summed E-state index contributed by atoms with van der Waals surface area (Å²) in [6.07, 6.45) is 0.968. The van der Waals surface area contributed by atoms with E-state index in [1.165, 1.54) is 5.56 Å². The fourth-order valence-corrected chi connectivity index (χ4v) is 3.02. The quantitative estimate of drug-likeness (QED) is 0.513. The van der Waals surface area contributed by atoms with E-state index < -0.39 is 0 Å². The molecule has 3 aromatic rings. The van der Waals surface area contributed by atoms with Crippen molar-refractivity contribution in [2.75, 3.05) is 13.7 Å². The second-order valence-corrected chi connectivity index (χ2v) is 6.72. The minimum absolute atomic E-state index is 0.514. The molecule has 3 nitrogen and oxygen atoms in total. The molecule has 3 aromatic carbocycles. The van der Waals surface area contributed by atoms with E-state index in [0.29, 0.717) is 17.4 Å². The molecule has 3 rings (SSSR count). The predicted octanol–water partition coefficient (Wildman–Crippen LogP) is 5.26. The first-order valence-electron chi connectivity index (χ1n) is 9.03. The van der Waals surface area contributed by atoms with Gasteiger partial charge in [0.1, 0.15) is 18.1 Å². The minimum atomic E-state index is 0.514. The predicted molar refractivity (Wildman–Crippen MR) is 111 cm³/mol. The summed E-state index contributed by atoms with van der Waals surface area (Å²) in [4.78, 5) is 0. The molecule has 0 saturated carbocycles. The van der Waals surface area contributed by atoms with Crippen LogP contribution in [-0.2, 0) is 19.6 Å². The zero-order chi connectivity index (χ0) is 18.9. The zero-order valence-electron chi connectivity index (χ0n) is 15.5. The molecule has 140 valence electrons. The van der Waals surface area contributed by atoms with Crippen molar-refractivity contribution in [1.29, 1.82) is 0 Å². The molecule has 0 radical (unpaired) electrons. The summed E-state index contributed by atoms with van der Waals surface area (Å²) in [6, 6.07) is 24.2. The highest BCUT2D eigenvalue weighted by Crippen LogP contribution is 2.26. The lowest BCUT2D eigenvalue weighted by molar-refractivity contribution is 0.306. The van der Waals surface area contributed by atoms with Gasteiger partial charge in [0.15, 0.2) is 0 Å². The summed E-state index contributed by atoms with van der Waals surface area (Å²) < 4.78 is 11.0. The van der Waals surface area contributed by atoms with Gasteiger partial charge in [0.2, 0.25) is 0 Å². The molecule has 0 bridgehead atoms. The van der Waals surface area contributed by atoms with Crippen LogP contribution in [0.2, 0.25) is 5.02 Å². The van der Waals surface area contributed by atoms with Gasteiger partial charge >= 0.3 is 0 Å². The van der Waals surface area contributed by atoms with Crippen LogP contribution in [0, 0.1) is 0 Å². The first kappa shape index (κ1) is 19.3. The van der Waals surface area contributed by atoms with E-state index in [-0.39, 0.29) is 0 Å². The zero-order valence-corrected chi connectivity index (χ0v) is 16.2. The molecular formula is C23H24ClNO2. The molecule has 0 heterocycles. The lowest BCUT2D eigenvalue weighted by Crippen LogP contribution is -2.16. The highest BCUT2D eigenvalue weighted by molar-refractivity contribution is 6.32. The molecule has 0 aromatic heterocycles. The van der Waals surface area contributed by atoms with E-state index in [9.17, 15) is 0 Å². The number of ether oxygens (including phenoxy) is 2. The van der Waals surface area contributed by atoms with Gasteiger partial charge in [-0.2, -0.15) is 0 Å². The molecule has 0 fully saturated rings. The first-order chi connectivity index (χ1) is 13.2. The highest BCUT2D eigenvalue weighted by Gasteiger charge is 2.04. The molecule has 0 aliphatic carbocycles. The average molecular weight is 382 g/mol. The maximum atomic E-state index is 6.37. The van der Waals surface area contributed by atoms with E-state index in [2.05, 4.69) is 17.4 Å². The van der Waals surface area contributed by atoms with Crippen molar-refractivity contribution >= 4 is 11.6 Å². The average Bonchev–Trinajstić information content (AvgIpc) is 2.72. The molecule has 0 aliphatic heterocycles. The number of hydrogen-bond acceptors (Lipinski definition) is 3. The number of rotatable bonds is 9. The third kappa shape index (κ3) is 6.02. The van der Waals surface area contributed by atoms with E-state index in [1.807, 2.05) is 60.7 Å². The molecule has 0 atom stereocenters. The number of halogens is 1. The van der Waals surface area contributed by atoms with Gasteiger partial charge in [-0.3, -0.25) is 0 Å². The van der Waals surface area contributed by atoms with Crippen LogP contribution in [-0.4, -0.2) is 13.7 Å². The Morgan fingerprint density at radius 1 is 0.852 bits per heavy atom. The summed E-state index contributed by atoms with van der Waals surface area (Å²) in [7, 11) is 1.68. The van der Waals surface area contributed by atoms with Crippen molar-refractivity contribution in [3.05, 3.63) is 94.5 Å². The van der Waals surface area contributed by atoms with Gasteiger partial charge in [0.25, 0.3) is 0 Å². The van der Waals surface area contributed by atoms with Crippen molar-refractivity contribution < 1.29 is 9.47 Å². The van der Waals surface area contributed by atoms with Gasteiger partial charge in [0.05, 0.1) is 12.1 Å². The van der Waals surface area contributed by atoms with Crippen LogP contribution >= 0.6 is 11.6 Å². The van der Waals surface area contributed by atoms with E-state index in [0.717, 1.165) is 36.4 Å². The lowest BCUT2D eigenvalue weighted by Gasteiger charge is -2.10. The second-order valence-electron chi connectivity index (χ2n) is 6.31. The molecule has 4 heteroatoms. The molecule has 0 saturated heterocycles. The van der Waals surface area contributed by atoms with Crippen LogP contribution in [0.15, 0.2) is 72.8 Å². The third-order valence-electron chi connectivity index (χ3n) is 4.31. The number of hydrogen-bond donors (Lipinski definition) is 1. The molecule has 1 N–H and O–H groups in total. The Balaban J connectivity index is 1.44. The number of nitrogens with one attached hydrogen (secondary N) is 1. The van der Waals surface area contributed by atoms with Gasteiger partial charge in [-0.1, -0.05) is 60.1 Å². The topological polar surface area (TPSA) is 30.5 Å². The largest absolute Gasteiger partial charge is 0.497 e. The van der Waals surface area contributed by atoms with Crippen molar-refractivity contribution in [2.24, 2.45) is 0 Å². The van der Waals surface area contributed by atoms with Crippen LogP contribution in [0.1, 0.15) is 16.7 Å². The summed E-state index contributed by atoms with van der Waals surface area (Å²) >= 11 is 6.37. The first-order valence-corrected chi connectivity index (χ1v) is 9.41. The Morgan fingerprint density at radius 3 is 2.30 bits per heavy atom.